The van der Waals surface area contributed by atoms with Gasteiger partial charge in [-0.05, 0) is 12.5 Å². The number of aromatic nitrogens is 2. The summed E-state index contributed by atoms with van der Waals surface area (Å²) in [7, 11) is -3.74. The van der Waals surface area contributed by atoms with Crippen molar-refractivity contribution >= 4 is 10.0 Å². The third-order valence-corrected chi connectivity index (χ3v) is 4.23. The van der Waals surface area contributed by atoms with E-state index >= 15 is 0 Å². The van der Waals surface area contributed by atoms with E-state index in [1.54, 1.807) is 12.1 Å². The van der Waals surface area contributed by atoms with Gasteiger partial charge in [0.1, 0.15) is 10.7 Å². The lowest BCUT2D eigenvalue weighted by Crippen LogP contribution is -2.23. The molecule has 0 atom stereocenters. The molecule has 0 aliphatic carbocycles. The molecule has 0 saturated carbocycles. The van der Waals surface area contributed by atoms with Crippen LogP contribution in [0.5, 0.6) is 0 Å². The van der Waals surface area contributed by atoms with Crippen molar-refractivity contribution in [1.82, 2.24) is 14.5 Å². The van der Waals surface area contributed by atoms with Gasteiger partial charge < -0.3 is 5.11 Å². The van der Waals surface area contributed by atoms with E-state index in [9.17, 15) is 12.8 Å². The molecule has 6 nitrogen and oxygen atoms in total. The Morgan fingerprint density at radius 2 is 2.10 bits per heavy atom. The molecule has 0 saturated heterocycles. The fraction of sp³-hybridized carbons (Fsp3) is 0.308. The summed E-state index contributed by atoms with van der Waals surface area (Å²) in [4.78, 5) is 0.0109. The fourth-order valence-electron chi connectivity index (χ4n) is 1.74. The largest absolute Gasteiger partial charge is 0.396 e. The summed E-state index contributed by atoms with van der Waals surface area (Å²) < 4.78 is 41.3. The maximum absolute atomic E-state index is 13.4. The summed E-state index contributed by atoms with van der Waals surface area (Å²) >= 11 is 0. The molecule has 0 amide bonds. The van der Waals surface area contributed by atoms with Gasteiger partial charge >= 0.3 is 0 Å². The number of aliphatic hydroxyl groups excluding tert-OH is 1. The minimum absolute atomic E-state index is 0.00742. The van der Waals surface area contributed by atoms with Crippen LogP contribution in [0, 0.1) is 5.82 Å². The smallest absolute Gasteiger partial charge is 0.243 e. The van der Waals surface area contributed by atoms with Crippen LogP contribution in [-0.4, -0.2) is 29.9 Å². The van der Waals surface area contributed by atoms with Gasteiger partial charge in [0.25, 0.3) is 0 Å². The first-order chi connectivity index (χ1) is 10.0. The monoisotopic (exact) mass is 313 g/mol. The molecule has 0 fully saturated rings. The number of sulfonamides is 1. The van der Waals surface area contributed by atoms with Crippen LogP contribution in [0.1, 0.15) is 12.0 Å². The highest BCUT2D eigenvalue weighted by Crippen LogP contribution is 2.10. The van der Waals surface area contributed by atoms with E-state index in [-0.39, 0.29) is 23.6 Å². The number of benzene rings is 1. The van der Waals surface area contributed by atoms with Crippen molar-refractivity contribution in [2.75, 3.05) is 6.61 Å². The maximum Gasteiger partial charge on any atom is 0.243 e. The standard InChI is InChI=1S/C13H16FN3O3S/c14-13-5-2-1-4-11(13)8-16-21(19,20)12-9-15-17(10-12)6-3-7-18/h1-2,4-5,9-10,16,18H,3,6-8H2. The van der Waals surface area contributed by atoms with E-state index in [1.165, 1.54) is 29.2 Å². The van der Waals surface area contributed by atoms with E-state index in [2.05, 4.69) is 9.82 Å². The van der Waals surface area contributed by atoms with Crippen molar-refractivity contribution in [2.45, 2.75) is 24.4 Å². The van der Waals surface area contributed by atoms with Crippen LogP contribution in [0.3, 0.4) is 0 Å². The Morgan fingerprint density at radius 1 is 1.33 bits per heavy atom. The lowest BCUT2D eigenvalue weighted by Gasteiger charge is -2.05. The SMILES string of the molecule is O=S(=O)(NCc1ccccc1F)c1cnn(CCCO)c1. The van der Waals surface area contributed by atoms with Gasteiger partial charge in [-0.1, -0.05) is 18.2 Å². The quantitative estimate of drug-likeness (QED) is 0.795. The number of nitrogens with zero attached hydrogens (tertiary/aromatic N) is 2. The Kier molecular flexibility index (Phi) is 5.05. The van der Waals surface area contributed by atoms with E-state index in [1.807, 2.05) is 0 Å². The van der Waals surface area contributed by atoms with Crippen molar-refractivity contribution in [1.29, 1.82) is 0 Å². The van der Waals surface area contributed by atoms with E-state index in [4.69, 9.17) is 5.11 Å². The van der Waals surface area contributed by atoms with Crippen LogP contribution < -0.4 is 4.72 Å². The molecular weight excluding hydrogens is 297 g/mol. The van der Waals surface area contributed by atoms with E-state index in [0.717, 1.165) is 0 Å². The van der Waals surface area contributed by atoms with Crippen molar-refractivity contribution in [3.05, 3.63) is 48.0 Å². The molecule has 2 N–H and O–H groups in total. The first kappa shape index (κ1) is 15.6. The predicted octanol–water partition coefficient (Wildman–Crippen LogP) is 0.883. The maximum atomic E-state index is 13.4. The molecule has 21 heavy (non-hydrogen) atoms. The van der Waals surface area contributed by atoms with Gasteiger partial charge in [-0.3, -0.25) is 4.68 Å². The zero-order valence-corrected chi connectivity index (χ0v) is 12.1. The number of hydrogen-bond donors (Lipinski definition) is 2. The second-order valence-electron chi connectivity index (χ2n) is 4.43. The lowest BCUT2D eigenvalue weighted by atomic mass is 10.2. The Labute approximate surface area is 122 Å². The highest BCUT2D eigenvalue weighted by Gasteiger charge is 2.16. The number of halogens is 1. The highest BCUT2D eigenvalue weighted by molar-refractivity contribution is 7.89. The molecule has 0 bridgehead atoms. The Morgan fingerprint density at radius 3 is 2.81 bits per heavy atom. The molecule has 0 radical (unpaired) electrons. The lowest BCUT2D eigenvalue weighted by molar-refractivity contribution is 0.277. The second kappa shape index (κ2) is 6.79. The van der Waals surface area contributed by atoms with Gasteiger partial charge in [0.05, 0.1) is 6.20 Å². The zero-order chi connectivity index (χ0) is 15.3. The first-order valence-electron chi connectivity index (χ1n) is 6.39. The normalized spacial score (nSPS) is 11.7. The minimum Gasteiger partial charge on any atom is -0.396 e. The Balaban J connectivity index is 2.05. The highest BCUT2D eigenvalue weighted by atomic mass is 32.2. The van der Waals surface area contributed by atoms with Gasteiger partial charge in [0.2, 0.25) is 10.0 Å². The molecule has 1 aromatic heterocycles. The van der Waals surface area contributed by atoms with Gasteiger partial charge in [0.15, 0.2) is 0 Å². The molecule has 114 valence electrons. The van der Waals surface area contributed by atoms with E-state index in [0.29, 0.717) is 13.0 Å². The van der Waals surface area contributed by atoms with Crippen LogP contribution in [0.4, 0.5) is 4.39 Å². The van der Waals surface area contributed by atoms with Crippen molar-refractivity contribution in [3.63, 3.8) is 0 Å². The Bertz CT molecular complexity index is 700. The summed E-state index contributed by atoms with van der Waals surface area (Å²) in [5, 5.41) is 12.6. The molecule has 2 aromatic rings. The van der Waals surface area contributed by atoms with Gasteiger partial charge in [0, 0.05) is 31.5 Å². The molecule has 1 aromatic carbocycles. The van der Waals surface area contributed by atoms with Crippen LogP contribution in [0.2, 0.25) is 0 Å². The first-order valence-corrected chi connectivity index (χ1v) is 7.87. The topological polar surface area (TPSA) is 84.2 Å². The number of aliphatic hydroxyl groups is 1. The molecular formula is C13H16FN3O3S. The Hall–Kier alpha value is -1.77. The summed E-state index contributed by atoms with van der Waals surface area (Å²) in [5.74, 6) is -0.459. The summed E-state index contributed by atoms with van der Waals surface area (Å²) in [6, 6.07) is 5.97. The third-order valence-electron chi connectivity index (χ3n) is 2.88. The van der Waals surface area contributed by atoms with Gasteiger partial charge in [-0.15, -0.1) is 0 Å². The number of hydrogen-bond acceptors (Lipinski definition) is 4. The molecule has 0 unspecified atom stereocenters. The number of nitrogens with one attached hydrogen (secondary N) is 1. The molecule has 1 heterocycles. The zero-order valence-electron chi connectivity index (χ0n) is 11.2. The van der Waals surface area contributed by atoms with Gasteiger partial charge in [-0.25, -0.2) is 17.5 Å². The van der Waals surface area contributed by atoms with Crippen LogP contribution in [0.25, 0.3) is 0 Å². The molecule has 0 aliphatic heterocycles. The number of rotatable bonds is 7. The summed E-state index contributed by atoms with van der Waals surface area (Å²) in [5.41, 5.74) is 0.272. The van der Waals surface area contributed by atoms with Crippen molar-refractivity contribution < 1.29 is 17.9 Å². The molecule has 8 heteroatoms. The van der Waals surface area contributed by atoms with Gasteiger partial charge in [-0.2, -0.15) is 5.10 Å². The second-order valence-corrected chi connectivity index (χ2v) is 6.20. The van der Waals surface area contributed by atoms with E-state index < -0.39 is 15.8 Å². The number of aryl methyl sites for hydroxylation is 1. The minimum atomic E-state index is -3.74. The predicted molar refractivity (Wildman–Crippen MR) is 74.4 cm³/mol. The molecule has 2 rings (SSSR count). The van der Waals surface area contributed by atoms with Crippen LogP contribution >= 0.6 is 0 Å². The van der Waals surface area contributed by atoms with Crippen molar-refractivity contribution in [3.8, 4) is 0 Å². The average Bonchev–Trinajstić information content (AvgIpc) is 2.94. The third kappa shape index (κ3) is 4.10. The fourth-order valence-corrected chi connectivity index (χ4v) is 2.69. The summed E-state index contributed by atoms with van der Waals surface area (Å²) in [6.07, 6.45) is 3.09. The van der Waals surface area contributed by atoms with Crippen molar-refractivity contribution in [2.24, 2.45) is 0 Å². The summed E-state index contributed by atoms with van der Waals surface area (Å²) in [6.45, 7) is 0.309. The average molecular weight is 313 g/mol. The molecule has 0 spiro atoms. The van der Waals surface area contributed by atoms with Crippen LogP contribution in [0.15, 0.2) is 41.6 Å². The van der Waals surface area contributed by atoms with Crippen LogP contribution in [-0.2, 0) is 23.1 Å². The molecule has 0 aliphatic rings.